The summed E-state index contributed by atoms with van der Waals surface area (Å²) in [6.07, 6.45) is 0. The lowest BCUT2D eigenvalue weighted by molar-refractivity contribution is 0.666. The predicted molar refractivity (Wildman–Crippen MR) is 258 cm³/mol. The summed E-state index contributed by atoms with van der Waals surface area (Å²) in [6.45, 7) is 0. The molecule has 4 heterocycles. The van der Waals surface area contributed by atoms with Crippen LogP contribution in [0.2, 0.25) is 0 Å². The van der Waals surface area contributed by atoms with E-state index in [-0.39, 0.29) is 0 Å². The van der Waals surface area contributed by atoms with E-state index in [4.69, 9.17) is 19.4 Å². The Morgan fingerprint density at radius 3 is 1.57 bits per heavy atom. The van der Waals surface area contributed by atoms with E-state index in [1.54, 1.807) is 0 Å². The van der Waals surface area contributed by atoms with Gasteiger partial charge in [-0.3, -0.25) is 0 Å². The molecular weight excluding hydrogens is 771 g/mol. The summed E-state index contributed by atoms with van der Waals surface area (Å²) in [5.41, 5.74) is 13.1. The van der Waals surface area contributed by atoms with E-state index in [9.17, 15) is 0 Å². The van der Waals surface area contributed by atoms with Gasteiger partial charge in [-0.05, 0) is 71.8 Å². The third kappa shape index (κ3) is 5.48. The molecule has 6 heteroatoms. The van der Waals surface area contributed by atoms with Crippen LogP contribution >= 0.6 is 0 Å². The Morgan fingerprint density at radius 1 is 0.333 bits per heavy atom. The van der Waals surface area contributed by atoms with Gasteiger partial charge in [-0.1, -0.05) is 152 Å². The van der Waals surface area contributed by atoms with Crippen molar-refractivity contribution >= 4 is 65.6 Å². The van der Waals surface area contributed by atoms with Gasteiger partial charge in [0.1, 0.15) is 5.58 Å². The van der Waals surface area contributed by atoms with Crippen molar-refractivity contribution < 1.29 is 4.42 Å². The Kier molecular flexibility index (Phi) is 7.80. The lowest BCUT2D eigenvalue weighted by Crippen LogP contribution is -2.01. The Hall–Kier alpha value is -8.61. The molecule has 0 spiro atoms. The second-order valence-electron chi connectivity index (χ2n) is 15.9. The van der Waals surface area contributed by atoms with Crippen LogP contribution in [0, 0.1) is 0 Å². The summed E-state index contributed by atoms with van der Waals surface area (Å²) in [5, 5.41) is 6.76. The zero-order chi connectivity index (χ0) is 41.4. The van der Waals surface area contributed by atoms with E-state index in [1.807, 2.05) is 48.5 Å². The van der Waals surface area contributed by atoms with Gasteiger partial charge in [-0.2, -0.15) is 0 Å². The maximum atomic E-state index is 6.99. The average molecular weight is 806 g/mol. The predicted octanol–water partition coefficient (Wildman–Crippen LogP) is 14.6. The smallest absolute Gasteiger partial charge is 0.164 e. The maximum absolute atomic E-state index is 6.99. The molecule has 0 N–H and O–H groups in total. The number of rotatable bonds is 6. The number of para-hydroxylation sites is 4. The van der Waals surface area contributed by atoms with Gasteiger partial charge in [0.05, 0.1) is 27.8 Å². The fourth-order valence-corrected chi connectivity index (χ4v) is 9.62. The molecule has 63 heavy (non-hydrogen) atoms. The molecule has 0 bridgehead atoms. The number of benzene rings is 9. The number of hydrogen-bond acceptors (Lipinski definition) is 4. The summed E-state index contributed by atoms with van der Waals surface area (Å²) in [4.78, 5) is 15.6. The van der Waals surface area contributed by atoms with Crippen molar-refractivity contribution in [1.82, 2.24) is 24.1 Å². The maximum Gasteiger partial charge on any atom is 0.164 e. The third-order valence-electron chi connectivity index (χ3n) is 12.4. The lowest BCUT2D eigenvalue weighted by Gasteiger charge is -2.13. The normalized spacial score (nSPS) is 11.8. The highest BCUT2D eigenvalue weighted by molar-refractivity contribution is 6.29. The Morgan fingerprint density at radius 2 is 0.857 bits per heavy atom. The van der Waals surface area contributed by atoms with E-state index in [0.717, 1.165) is 77.7 Å². The topological polar surface area (TPSA) is 61.7 Å². The van der Waals surface area contributed by atoms with Crippen molar-refractivity contribution in [3.8, 4) is 56.7 Å². The van der Waals surface area contributed by atoms with E-state index < -0.39 is 0 Å². The van der Waals surface area contributed by atoms with Crippen LogP contribution in [0.25, 0.3) is 122 Å². The minimum Gasteiger partial charge on any atom is -0.454 e. The molecule has 0 aliphatic heterocycles. The zero-order valence-corrected chi connectivity index (χ0v) is 33.9. The number of hydrogen-bond donors (Lipinski definition) is 0. The third-order valence-corrected chi connectivity index (χ3v) is 12.4. The van der Waals surface area contributed by atoms with E-state index in [0.29, 0.717) is 17.5 Å². The molecule has 6 nitrogen and oxygen atoms in total. The number of nitrogens with zero attached hydrogens (tertiary/aromatic N) is 5. The summed E-state index contributed by atoms with van der Waals surface area (Å²) in [6, 6.07) is 74.2. The van der Waals surface area contributed by atoms with Gasteiger partial charge in [0.15, 0.2) is 23.1 Å². The molecule has 0 saturated carbocycles. The molecule has 13 aromatic rings. The molecule has 0 unspecified atom stereocenters. The second kappa shape index (κ2) is 14.0. The molecule has 0 radical (unpaired) electrons. The molecule has 0 aliphatic rings. The van der Waals surface area contributed by atoms with Crippen LogP contribution in [-0.2, 0) is 0 Å². The van der Waals surface area contributed by atoms with Gasteiger partial charge in [-0.15, -0.1) is 0 Å². The summed E-state index contributed by atoms with van der Waals surface area (Å²) < 4.78 is 11.7. The highest BCUT2D eigenvalue weighted by Gasteiger charge is 2.25. The highest BCUT2D eigenvalue weighted by Crippen LogP contribution is 2.45. The second-order valence-corrected chi connectivity index (χ2v) is 15.9. The fourth-order valence-electron chi connectivity index (χ4n) is 9.62. The minimum atomic E-state index is 0.574. The SMILES string of the molecule is c1ccc(-c2cccc(-c3nc(-c4ccccc4)nc(-c4ccc(-n5c6ccccc6c6c7c8ccccc8n(-c8ccccc8)c7ccc65)c5oc6ccccc6c45)n3)c2)cc1. The Balaban J connectivity index is 1.08. The number of fused-ring (bicyclic) bond motifs is 10. The van der Waals surface area contributed by atoms with Crippen LogP contribution in [0.1, 0.15) is 0 Å². The van der Waals surface area contributed by atoms with E-state index in [1.165, 1.54) is 27.1 Å². The molecular formula is C57H35N5O. The lowest BCUT2D eigenvalue weighted by atomic mass is 10.0. The van der Waals surface area contributed by atoms with Crippen molar-refractivity contribution in [3.63, 3.8) is 0 Å². The first-order valence-electron chi connectivity index (χ1n) is 21.2. The van der Waals surface area contributed by atoms with Crippen LogP contribution in [0.4, 0.5) is 0 Å². The summed E-state index contributed by atoms with van der Waals surface area (Å²) in [5.74, 6) is 1.78. The van der Waals surface area contributed by atoms with Crippen LogP contribution in [0.15, 0.2) is 217 Å². The summed E-state index contributed by atoms with van der Waals surface area (Å²) >= 11 is 0. The monoisotopic (exact) mass is 805 g/mol. The fraction of sp³-hybridized carbons (Fsp3) is 0. The molecule has 0 fully saturated rings. The molecule has 0 saturated heterocycles. The first-order valence-corrected chi connectivity index (χ1v) is 21.2. The molecule has 13 rings (SSSR count). The van der Waals surface area contributed by atoms with Crippen LogP contribution in [-0.4, -0.2) is 24.1 Å². The Bertz CT molecular complexity index is 3900. The molecule has 0 atom stereocenters. The average Bonchev–Trinajstić information content (AvgIpc) is 4.03. The van der Waals surface area contributed by atoms with Gasteiger partial charge in [-0.25, -0.2) is 15.0 Å². The van der Waals surface area contributed by atoms with Crippen LogP contribution in [0.5, 0.6) is 0 Å². The van der Waals surface area contributed by atoms with Crippen molar-refractivity contribution in [3.05, 3.63) is 212 Å². The highest BCUT2D eigenvalue weighted by atomic mass is 16.3. The first-order chi connectivity index (χ1) is 31.3. The molecule has 0 amide bonds. The largest absolute Gasteiger partial charge is 0.454 e. The summed E-state index contributed by atoms with van der Waals surface area (Å²) in [7, 11) is 0. The van der Waals surface area contributed by atoms with Gasteiger partial charge >= 0.3 is 0 Å². The standard InChI is InChI=1S/C57H35N5O/c1-4-17-36(18-5-1)38-21-16-22-39(35-38)56-58-55(37-19-6-2-7-20-37)59-57(60-56)44-31-32-49(54-51(44)43-27-12-15-30-50(43)63-54)62-46-29-14-11-26-42(46)53-48(62)34-33-47-52(53)41-25-10-13-28-45(41)61(47)40-23-8-3-9-24-40/h1-35H. The van der Waals surface area contributed by atoms with Crippen molar-refractivity contribution in [2.45, 2.75) is 0 Å². The minimum absolute atomic E-state index is 0.574. The van der Waals surface area contributed by atoms with E-state index >= 15 is 0 Å². The van der Waals surface area contributed by atoms with Gasteiger partial charge in [0.2, 0.25) is 0 Å². The first kappa shape index (κ1) is 35.2. The molecule has 9 aromatic carbocycles. The van der Waals surface area contributed by atoms with Crippen molar-refractivity contribution in [1.29, 1.82) is 0 Å². The van der Waals surface area contributed by atoms with Crippen LogP contribution < -0.4 is 0 Å². The van der Waals surface area contributed by atoms with E-state index in [2.05, 4.69) is 173 Å². The number of furan rings is 1. The number of aromatic nitrogens is 5. The van der Waals surface area contributed by atoms with Gasteiger partial charge < -0.3 is 13.6 Å². The van der Waals surface area contributed by atoms with Gasteiger partial charge in [0, 0.05) is 54.7 Å². The van der Waals surface area contributed by atoms with Crippen molar-refractivity contribution in [2.75, 3.05) is 0 Å². The van der Waals surface area contributed by atoms with Crippen LogP contribution in [0.3, 0.4) is 0 Å². The molecule has 294 valence electrons. The molecule has 4 aromatic heterocycles. The van der Waals surface area contributed by atoms with Gasteiger partial charge in [0.25, 0.3) is 0 Å². The quantitative estimate of drug-likeness (QED) is 0.168. The zero-order valence-electron chi connectivity index (χ0n) is 33.9. The van der Waals surface area contributed by atoms with Crippen molar-refractivity contribution in [2.24, 2.45) is 0 Å². The Labute approximate surface area is 361 Å². The molecule has 0 aliphatic carbocycles.